The predicted molar refractivity (Wildman–Crippen MR) is 121 cm³/mol. The Labute approximate surface area is 176 Å². The third kappa shape index (κ3) is 4.49. The largest absolute Gasteiger partial charge is 0.496 e. The van der Waals surface area contributed by atoms with Gasteiger partial charge in [-0.3, -0.25) is 0 Å². The number of aromatic nitrogens is 2. The van der Waals surface area contributed by atoms with Gasteiger partial charge < -0.3 is 19.8 Å². The Hall–Kier alpha value is -1.67. The molecule has 7 heteroatoms. The molecule has 0 radical (unpaired) electrons. The minimum atomic E-state index is -1.12. The first-order valence-corrected chi connectivity index (χ1v) is 13.9. The molecule has 0 spiro atoms. The number of rotatable bonds is 8. The van der Waals surface area contributed by atoms with Crippen LogP contribution >= 0.6 is 15.9 Å². The summed E-state index contributed by atoms with van der Waals surface area (Å²) in [4.78, 5) is 4.67. The Morgan fingerprint density at radius 2 is 1.93 bits per heavy atom. The molecule has 2 aromatic heterocycles. The maximum absolute atomic E-state index is 6.09. The molecule has 0 amide bonds. The van der Waals surface area contributed by atoms with Crippen molar-refractivity contribution in [1.82, 2.24) is 9.55 Å². The van der Waals surface area contributed by atoms with Crippen molar-refractivity contribution in [2.45, 2.75) is 39.0 Å². The van der Waals surface area contributed by atoms with Crippen LogP contribution in [0.1, 0.15) is 5.56 Å². The lowest BCUT2D eigenvalue weighted by Gasteiger charge is -2.15. The SMILES string of the molecule is COc1ccccc1-c1cn(COCC[Si](C)(C)C)c2ncc(Br)c(CN)c12. The van der Waals surface area contributed by atoms with Gasteiger partial charge in [-0.05, 0) is 33.6 Å². The first-order chi connectivity index (χ1) is 13.4. The van der Waals surface area contributed by atoms with E-state index in [0.717, 1.165) is 50.6 Å². The van der Waals surface area contributed by atoms with E-state index in [-0.39, 0.29) is 0 Å². The first kappa shape index (κ1) is 21.0. The van der Waals surface area contributed by atoms with Gasteiger partial charge in [0.2, 0.25) is 0 Å². The van der Waals surface area contributed by atoms with Crippen LogP contribution < -0.4 is 10.5 Å². The zero-order valence-corrected chi connectivity index (χ0v) is 19.5. The smallest absolute Gasteiger partial charge is 0.142 e. The average molecular weight is 462 g/mol. The fourth-order valence-corrected chi connectivity index (χ4v) is 4.43. The number of pyridine rings is 1. The maximum Gasteiger partial charge on any atom is 0.142 e. The van der Waals surface area contributed by atoms with Crippen LogP contribution in [0.4, 0.5) is 0 Å². The molecule has 0 unspecified atom stereocenters. The monoisotopic (exact) mass is 461 g/mol. The number of para-hydroxylation sites is 1. The van der Waals surface area contributed by atoms with Crippen molar-refractivity contribution in [1.29, 1.82) is 0 Å². The van der Waals surface area contributed by atoms with Crippen LogP contribution in [0.3, 0.4) is 0 Å². The fourth-order valence-electron chi connectivity index (χ4n) is 3.21. The summed E-state index contributed by atoms with van der Waals surface area (Å²) in [6.45, 7) is 8.71. The Morgan fingerprint density at radius 1 is 1.18 bits per heavy atom. The van der Waals surface area contributed by atoms with Gasteiger partial charge in [-0.15, -0.1) is 0 Å². The number of hydrogen-bond acceptors (Lipinski definition) is 4. The third-order valence-electron chi connectivity index (χ3n) is 4.77. The number of benzene rings is 1. The van der Waals surface area contributed by atoms with Crippen molar-refractivity contribution in [2.24, 2.45) is 5.73 Å². The predicted octanol–water partition coefficient (Wildman–Crippen LogP) is 5.25. The van der Waals surface area contributed by atoms with E-state index in [2.05, 4.69) is 57.4 Å². The average Bonchev–Trinajstić information content (AvgIpc) is 3.03. The molecule has 0 bridgehead atoms. The van der Waals surface area contributed by atoms with Gasteiger partial charge in [0.05, 0.1) is 7.11 Å². The van der Waals surface area contributed by atoms with Gasteiger partial charge in [0.1, 0.15) is 18.1 Å². The molecule has 2 N–H and O–H groups in total. The molecular weight excluding hydrogens is 434 g/mol. The van der Waals surface area contributed by atoms with Crippen LogP contribution in [0.2, 0.25) is 25.7 Å². The molecule has 1 aromatic carbocycles. The fraction of sp³-hybridized carbons (Fsp3) is 0.381. The van der Waals surface area contributed by atoms with Crippen molar-refractivity contribution in [3.05, 3.63) is 46.7 Å². The number of nitrogens with zero attached hydrogens (tertiary/aromatic N) is 2. The van der Waals surface area contributed by atoms with E-state index in [1.807, 2.05) is 24.4 Å². The second-order valence-electron chi connectivity index (χ2n) is 8.05. The van der Waals surface area contributed by atoms with Crippen molar-refractivity contribution in [3.8, 4) is 16.9 Å². The summed E-state index contributed by atoms with van der Waals surface area (Å²) in [5, 5.41) is 1.04. The molecule has 28 heavy (non-hydrogen) atoms. The molecule has 0 aliphatic rings. The zero-order valence-electron chi connectivity index (χ0n) is 17.0. The summed E-state index contributed by atoms with van der Waals surface area (Å²) in [7, 11) is 0.570. The number of fused-ring (bicyclic) bond motifs is 1. The van der Waals surface area contributed by atoms with Gasteiger partial charge in [-0.1, -0.05) is 37.8 Å². The lowest BCUT2D eigenvalue weighted by Crippen LogP contribution is -2.22. The van der Waals surface area contributed by atoms with Crippen LogP contribution in [0, 0.1) is 0 Å². The van der Waals surface area contributed by atoms with E-state index in [9.17, 15) is 0 Å². The minimum absolute atomic E-state index is 0.419. The third-order valence-corrected chi connectivity index (χ3v) is 7.16. The molecule has 0 aliphatic heterocycles. The van der Waals surface area contributed by atoms with Crippen LogP contribution in [-0.4, -0.2) is 31.3 Å². The van der Waals surface area contributed by atoms with Crippen molar-refractivity contribution in [3.63, 3.8) is 0 Å². The highest BCUT2D eigenvalue weighted by Crippen LogP contribution is 2.39. The molecule has 5 nitrogen and oxygen atoms in total. The van der Waals surface area contributed by atoms with E-state index in [1.54, 1.807) is 7.11 Å². The van der Waals surface area contributed by atoms with Crippen LogP contribution in [0.25, 0.3) is 22.2 Å². The zero-order chi connectivity index (χ0) is 20.3. The number of hydrogen-bond donors (Lipinski definition) is 1. The highest BCUT2D eigenvalue weighted by molar-refractivity contribution is 9.10. The van der Waals surface area contributed by atoms with Crippen molar-refractivity contribution in [2.75, 3.05) is 13.7 Å². The standard InChI is InChI=1S/C21H28BrN3O2Si/c1-26-19-8-6-5-7-15(19)17-13-25(14-27-9-10-28(2,3)4)21-20(17)16(11-23)18(22)12-24-21/h5-8,12-13H,9-11,14,23H2,1-4H3. The first-order valence-electron chi connectivity index (χ1n) is 9.43. The maximum atomic E-state index is 6.09. The summed E-state index contributed by atoms with van der Waals surface area (Å²) in [5.41, 5.74) is 10.1. The van der Waals surface area contributed by atoms with Gasteiger partial charge in [0.25, 0.3) is 0 Å². The molecule has 0 fully saturated rings. The minimum Gasteiger partial charge on any atom is -0.496 e. The van der Waals surface area contributed by atoms with Gasteiger partial charge in [0, 0.05) is 54.6 Å². The molecule has 2 heterocycles. The van der Waals surface area contributed by atoms with Gasteiger partial charge in [-0.25, -0.2) is 4.98 Å². The summed E-state index contributed by atoms with van der Waals surface area (Å²) >= 11 is 3.61. The van der Waals surface area contributed by atoms with Crippen LogP contribution in [-0.2, 0) is 18.0 Å². The highest BCUT2D eigenvalue weighted by atomic mass is 79.9. The molecule has 0 saturated carbocycles. The Balaban J connectivity index is 2.06. The molecule has 0 aliphatic carbocycles. The van der Waals surface area contributed by atoms with E-state index in [1.165, 1.54) is 0 Å². The summed E-state index contributed by atoms with van der Waals surface area (Å²) in [5.74, 6) is 0.823. The van der Waals surface area contributed by atoms with E-state index < -0.39 is 8.07 Å². The lowest BCUT2D eigenvalue weighted by molar-refractivity contribution is 0.0899. The number of halogens is 1. The van der Waals surface area contributed by atoms with Crippen LogP contribution in [0.5, 0.6) is 5.75 Å². The molecule has 150 valence electrons. The molecule has 0 saturated heterocycles. The van der Waals surface area contributed by atoms with Gasteiger partial charge >= 0.3 is 0 Å². The quantitative estimate of drug-likeness (QED) is 0.367. The summed E-state index contributed by atoms with van der Waals surface area (Å²) in [6.07, 6.45) is 3.91. The second-order valence-corrected chi connectivity index (χ2v) is 14.5. The number of ether oxygens (including phenoxy) is 2. The van der Waals surface area contributed by atoms with Gasteiger partial charge in [0.15, 0.2) is 0 Å². The second kappa shape index (κ2) is 8.78. The Bertz CT molecular complexity index is 966. The highest BCUT2D eigenvalue weighted by Gasteiger charge is 2.19. The molecule has 0 atom stereocenters. The molecule has 3 rings (SSSR count). The van der Waals surface area contributed by atoms with Gasteiger partial charge in [-0.2, -0.15) is 0 Å². The van der Waals surface area contributed by atoms with Crippen molar-refractivity contribution >= 4 is 35.0 Å². The molecular formula is C21H28BrN3O2Si. The van der Waals surface area contributed by atoms with Crippen LogP contribution in [0.15, 0.2) is 41.1 Å². The number of nitrogens with two attached hydrogens (primary N) is 1. The normalized spacial score (nSPS) is 11.9. The van der Waals surface area contributed by atoms with Crippen molar-refractivity contribution < 1.29 is 9.47 Å². The summed E-state index contributed by atoms with van der Waals surface area (Å²) < 4.78 is 14.6. The Kier molecular flexibility index (Phi) is 6.60. The topological polar surface area (TPSA) is 62.3 Å². The number of methoxy groups -OCH3 is 1. The van der Waals surface area contributed by atoms with E-state index in [4.69, 9.17) is 15.2 Å². The Morgan fingerprint density at radius 3 is 2.61 bits per heavy atom. The molecule has 3 aromatic rings. The lowest BCUT2D eigenvalue weighted by atomic mass is 10.0. The van der Waals surface area contributed by atoms with E-state index in [0.29, 0.717) is 13.3 Å². The van der Waals surface area contributed by atoms with E-state index >= 15 is 0 Å². The summed E-state index contributed by atoms with van der Waals surface area (Å²) in [6, 6.07) is 9.15.